The Bertz CT molecular complexity index is 426. The molecule has 1 rings (SSSR count). The SMILES string of the molecule is C#CC(c1ccc(OC)cc1)C(/C=C/CO)CCC. The topological polar surface area (TPSA) is 29.5 Å². The molecular formula is C17H22O2. The molecule has 0 saturated carbocycles. The van der Waals surface area contributed by atoms with Crippen molar-refractivity contribution in [3.05, 3.63) is 42.0 Å². The van der Waals surface area contributed by atoms with Crippen LogP contribution in [0.3, 0.4) is 0 Å². The van der Waals surface area contributed by atoms with E-state index in [-0.39, 0.29) is 18.4 Å². The Balaban J connectivity index is 2.94. The standard InChI is InChI=1S/C17H22O2/c1-4-7-14(8-6-13-18)17(5-2)15-9-11-16(19-3)12-10-15/h2,6,8-12,14,17-18H,4,7,13H2,1,3H3/b8-6+. The lowest BCUT2D eigenvalue weighted by molar-refractivity contribution is 0.341. The molecule has 102 valence electrons. The molecule has 0 aliphatic carbocycles. The smallest absolute Gasteiger partial charge is 0.118 e. The van der Waals surface area contributed by atoms with E-state index in [1.165, 1.54) is 0 Å². The van der Waals surface area contributed by atoms with Gasteiger partial charge < -0.3 is 9.84 Å². The van der Waals surface area contributed by atoms with E-state index in [1.807, 2.05) is 30.3 Å². The molecular weight excluding hydrogens is 236 g/mol. The fourth-order valence-corrected chi connectivity index (χ4v) is 2.22. The molecule has 1 aromatic carbocycles. The van der Waals surface area contributed by atoms with Crippen LogP contribution < -0.4 is 4.74 Å². The van der Waals surface area contributed by atoms with Crippen molar-refractivity contribution in [2.75, 3.05) is 13.7 Å². The minimum absolute atomic E-state index is 0.0358. The van der Waals surface area contributed by atoms with Crippen LogP contribution in [0.2, 0.25) is 0 Å². The van der Waals surface area contributed by atoms with E-state index >= 15 is 0 Å². The highest BCUT2D eigenvalue weighted by Crippen LogP contribution is 2.30. The van der Waals surface area contributed by atoms with Gasteiger partial charge in [0.15, 0.2) is 0 Å². The predicted molar refractivity (Wildman–Crippen MR) is 79.2 cm³/mol. The molecule has 0 amide bonds. The molecule has 2 heteroatoms. The highest BCUT2D eigenvalue weighted by atomic mass is 16.5. The Morgan fingerprint density at radius 2 is 2.05 bits per heavy atom. The number of benzene rings is 1. The summed E-state index contributed by atoms with van der Waals surface area (Å²) < 4.78 is 5.16. The summed E-state index contributed by atoms with van der Waals surface area (Å²) in [6, 6.07) is 7.88. The summed E-state index contributed by atoms with van der Waals surface area (Å²) >= 11 is 0. The number of aliphatic hydroxyl groups is 1. The third-order valence-electron chi connectivity index (χ3n) is 3.19. The lowest BCUT2D eigenvalue weighted by atomic mass is 9.83. The minimum Gasteiger partial charge on any atom is -0.497 e. The zero-order valence-corrected chi connectivity index (χ0v) is 11.7. The van der Waals surface area contributed by atoms with Crippen LogP contribution in [0.15, 0.2) is 36.4 Å². The fourth-order valence-electron chi connectivity index (χ4n) is 2.22. The maximum absolute atomic E-state index is 8.92. The highest BCUT2D eigenvalue weighted by molar-refractivity contribution is 5.34. The van der Waals surface area contributed by atoms with Gasteiger partial charge in [-0.1, -0.05) is 43.5 Å². The monoisotopic (exact) mass is 258 g/mol. The lowest BCUT2D eigenvalue weighted by Gasteiger charge is -2.20. The second-order valence-electron chi connectivity index (χ2n) is 4.48. The van der Waals surface area contributed by atoms with Gasteiger partial charge in [0.05, 0.1) is 19.6 Å². The molecule has 2 unspecified atom stereocenters. The van der Waals surface area contributed by atoms with Gasteiger partial charge in [0.2, 0.25) is 0 Å². The normalized spacial score (nSPS) is 14.0. The number of aliphatic hydroxyl groups excluding tert-OH is 1. The molecule has 0 bridgehead atoms. The van der Waals surface area contributed by atoms with Crippen LogP contribution >= 0.6 is 0 Å². The number of methoxy groups -OCH3 is 1. The molecule has 0 fully saturated rings. The molecule has 0 heterocycles. The molecule has 0 spiro atoms. The first-order valence-electron chi connectivity index (χ1n) is 6.64. The van der Waals surface area contributed by atoms with Crippen molar-refractivity contribution in [3.63, 3.8) is 0 Å². The Morgan fingerprint density at radius 1 is 1.37 bits per heavy atom. The van der Waals surface area contributed by atoms with E-state index in [9.17, 15) is 0 Å². The molecule has 2 nitrogen and oxygen atoms in total. The van der Waals surface area contributed by atoms with Crippen LogP contribution in [0.4, 0.5) is 0 Å². The third kappa shape index (κ3) is 4.46. The second-order valence-corrected chi connectivity index (χ2v) is 4.48. The Labute approximate surface area is 116 Å². The molecule has 1 N–H and O–H groups in total. The zero-order chi connectivity index (χ0) is 14.1. The molecule has 19 heavy (non-hydrogen) atoms. The van der Waals surface area contributed by atoms with Gasteiger partial charge in [-0.05, 0) is 30.0 Å². The van der Waals surface area contributed by atoms with Gasteiger partial charge in [0.1, 0.15) is 5.75 Å². The number of allylic oxidation sites excluding steroid dienone is 1. The van der Waals surface area contributed by atoms with E-state index in [2.05, 4.69) is 12.8 Å². The van der Waals surface area contributed by atoms with Gasteiger partial charge in [0, 0.05) is 0 Å². The molecule has 0 aliphatic heterocycles. The summed E-state index contributed by atoms with van der Waals surface area (Å²) in [5.41, 5.74) is 1.12. The second kappa shape index (κ2) is 8.39. The highest BCUT2D eigenvalue weighted by Gasteiger charge is 2.18. The number of terminal acetylenes is 1. The third-order valence-corrected chi connectivity index (χ3v) is 3.19. The maximum Gasteiger partial charge on any atom is 0.118 e. The summed E-state index contributed by atoms with van der Waals surface area (Å²) in [4.78, 5) is 0. The summed E-state index contributed by atoms with van der Waals surface area (Å²) in [7, 11) is 1.65. The Kier molecular flexibility index (Phi) is 6.78. The number of rotatable bonds is 7. The Hall–Kier alpha value is -1.72. The largest absolute Gasteiger partial charge is 0.497 e. The minimum atomic E-state index is 0.0358. The lowest BCUT2D eigenvalue weighted by Crippen LogP contribution is -2.09. The first kappa shape index (κ1) is 15.3. The van der Waals surface area contributed by atoms with Crippen LogP contribution in [-0.4, -0.2) is 18.8 Å². The van der Waals surface area contributed by atoms with Crippen molar-refractivity contribution >= 4 is 0 Å². The molecule has 1 aromatic rings. The maximum atomic E-state index is 8.92. The van der Waals surface area contributed by atoms with E-state index in [0.717, 1.165) is 24.2 Å². The van der Waals surface area contributed by atoms with Gasteiger partial charge in [-0.15, -0.1) is 6.42 Å². The van der Waals surface area contributed by atoms with Crippen molar-refractivity contribution < 1.29 is 9.84 Å². The van der Waals surface area contributed by atoms with Gasteiger partial charge in [-0.2, -0.15) is 0 Å². The average Bonchev–Trinajstić information content (AvgIpc) is 2.46. The van der Waals surface area contributed by atoms with Gasteiger partial charge >= 0.3 is 0 Å². The van der Waals surface area contributed by atoms with Crippen LogP contribution in [0.5, 0.6) is 5.75 Å². The summed E-state index contributed by atoms with van der Waals surface area (Å²) in [6.07, 6.45) is 11.6. The predicted octanol–water partition coefficient (Wildman–Crippen LogP) is 3.38. The van der Waals surface area contributed by atoms with Crippen LogP contribution in [0.1, 0.15) is 31.2 Å². The quantitative estimate of drug-likeness (QED) is 0.600. The van der Waals surface area contributed by atoms with Crippen molar-refractivity contribution in [1.29, 1.82) is 0 Å². The van der Waals surface area contributed by atoms with Gasteiger partial charge in [-0.25, -0.2) is 0 Å². The average molecular weight is 258 g/mol. The van der Waals surface area contributed by atoms with E-state index in [1.54, 1.807) is 13.2 Å². The molecule has 2 atom stereocenters. The Morgan fingerprint density at radius 3 is 2.53 bits per heavy atom. The van der Waals surface area contributed by atoms with Crippen molar-refractivity contribution in [2.24, 2.45) is 5.92 Å². The van der Waals surface area contributed by atoms with Crippen molar-refractivity contribution in [3.8, 4) is 18.1 Å². The molecule has 0 aromatic heterocycles. The number of hydrogen-bond donors (Lipinski definition) is 1. The molecule has 0 saturated heterocycles. The van der Waals surface area contributed by atoms with E-state index < -0.39 is 0 Å². The number of ether oxygens (including phenoxy) is 1. The van der Waals surface area contributed by atoms with Crippen LogP contribution in [0, 0.1) is 18.3 Å². The van der Waals surface area contributed by atoms with E-state index in [0.29, 0.717) is 0 Å². The van der Waals surface area contributed by atoms with Crippen LogP contribution in [0.25, 0.3) is 0 Å². The first-order valence-corrected chi connectivity index (χ1v) is 6.64. The zero-order valence-electron chi connectivity index (χ0n) is 11.7. The van der Waals surface area contributed by atoms with Crippen molar-refractivity contribution in [2.45, 2.75) is 25.7 Å². The summed E-state index contributed by atoms with van der Waals surface area (Å²) in [5, 5.41) is 8.92. The van der Waals surface area contributed by atoms with Crippen LogP contribution in [-0.2, 0) is 0 Å². The molecule has 0 radical (unpaired) electrons. The van der Waals surface area contributed by atoms with Gasteiger partial charge in [0.25, 0.3) is 0 Å². The summed E-state index contributed by atoms with van der Waals surface area (Å²) in [5.74, 6) is 4.00. The van der Waals surface area contributed by atoms with Gasteiger partial charge in [-0.3, -0.25) is 0 Å². The number of hydrogen-bond acceptors (Lipinski definition) is 2. The van der Waals surface area contributed by atoms with E-state index in [4.69, 9.17) is 16.3 Å². The fraction of sp³-hybridized carbons (Fsp3) is 0.412. The summed E-state index contributed by atoms with van der Waals surface area (Å²) in [6.45, 7) is 2.20. The first-order chi connectivity index (χ1) is 9.26. The van der Waals surface area contributed by atoms with Crippen molar-refractivity contribution in [1.82, 2.24) is 0 Å². The molecule has 0 aliphatic rings.